The molecule has 128 valence electrons. The van der Waals surface area contributed by atoms with Gasteiger partial charge in [-0.1, -0.05) is 18.7 Å². The Bertz CT molecular complexity index is 751. The zero-order valence-electron chi connectivity index (χ0n) is 13.9. The number of carbonyl (C=O) groups excluding carboxylic acids is 1. The van der Waals surface area contributed by atoms with Crippen molar-refractivity contribution in [1.29, 1.82) is 0 Å². The van der Waals surface area contributed by atoms with Crippen LogP contribution in [-0.4, -0.2) is 27.4 Å². The molecule has 0 saturated heterocycles. The molecule has 4 rings (SSSR count). The number of carbonyl (C=O) groups is 1. The molecule has 2 aliphatic carbocycles. The summed E-state index contributed by atoms with van der Waals surface area (Å²) in [6.45, 7) is 4.17. The van der Waals surface area contributed by atoms with Crippen LogP contribution in [0.3, 0.4) is 0 Å². The van der Waals surface area contributed by atoms with E-state index in [1.807, 2.05) is 6.92 Å². The molecule has 24 heavy (non-hydrogen) atoms. The maximum absolute atomic E-state index is 12.0. The lowest BCUT2D eigenvalue weighted by molar-refractivity contribution is -0.120. The van der Waals surface area contributed by atoms with Crippen LogP contribution in [0.1, 0.15) is 43.6 Å². The summed E-state index contributed by atoms with van der Waals surface area (Å²) in [5, 5.41) is 11.5. The van der Waals surface area contributed by atoms with Crippen LogP contribution in [0.4, 0.5) is 0 Å². The predicted octanol–water partition coefficient (Wildman–Crippen LogP) is 3.68. The number of hydrogen-bond donors (Lipinski definition) is 1. The van der Waals surface area contributed by atoms with Crippen molar-refractivity contribution in [2.75, 3.05) is 0 Å². The molecule has 1 amide bonds. The third-order valence-corrected chi connectivity index (χ3v) is 6.68. The first-order valence-electron chi connectivity index (χ1n) is 8.51. The van der Waals surface area contributed by atoms with Crippen molar-refractivity contribution in [3.8, 4) is 10.8 Å². The SMILES string of the molecule is C[C@@H]1CCc2sc(-c3nnc(S[C@H](C)C(=O)NC4CC4)o3)cc2C1. The Morgan fingerprint density at radius 1 is 1.42 bits per heavy atom. The Labute approximate surface area is 149 Å². The maximum atomic E-state index is 12.0. The second-order valence-corrected chi connectivity index (χ2v) is 9.25. The van der Waals surface area contributed by atoms with Gasteiger partial charge in [-0.2, -0.15) is 0 Å². The summed E-state index contributed by atoms with van der Waals surface area (Å²) in [5.41, 5.74) is 1.43. The van der Waals surface area contributed by atoms with Crippen LogP contribution in [-0.2, 0) is 17.6 Å². The Kier molecular flexibility index (Phi) is 4.39. The Balaban J connectivity index is 1.43. The van der Waals surface area contributed by atoms with Gasteiger partial charge in [0.05, 0.1) is 10.1 Å². The van der Waals surface area contributed by atoms with Gasteiger partial charge in [0.2, 0.25) is 5.91 Å². The van der Waals surface area contributed by atoms with Crippen LogP contribution in [0.5, 0.6) is 0 Å². The van der Waals surface area contributed by atoms with Crippen molar-refractivity contribution in [2.45, 2.75) is 62.5 Å². The van der Waals surface area contributed by atoms with Gasteiger partial charge in [0.1, 0.15) is 0 Å². The predicted molar refractivity (Wildman–Crippen MR) is 95.3 cm³/mol. The van der Waals surface area contributed by atoms with E-state index in [4.69, 9.17) is 4.42 Å². The number of thioether (sulfide) groups is 1. The largest absolute Gasteiger partial charge is 0.410 e. The average molecular weight is 364 g/mol. The first-order valence-corrected chi connectivity index (χ1v) is 10.2. The minimum Gasteiger partial charge on any atom is -0.410 e. The van der Waals surface area contributed by atoms with E-state index in [0.717, 1.165) is 36.5 Å². The summed E-state index contributed by atoms with van der Waals surface area (Å²) in [4.78, 5) is 14.5. The molecule has 0 bridgehead atoms. The van der Waals surface area contributed by atoms with E-state index in [1.54, 1.807) is 11.3 Å². The number of fused-ring (bicyclic) bond motifs is 1. The number of aryl methyl sites for hydroxylation is 1. The lowest BCUT2D eigenvalue weighted by Crippen LogP contribution is -2.32. The molecule has 0 aliphatic heterocycles. The van der Waals surface area contributed by atoms with Crippen LogP contribution in [0.2, 0.25) is 0 Å². The van der Waals surface area contributed by atoms with E-state index in [1.165, 1.54) is 28.6 Å². The molecule has 1 fully saturated rings. The standard InChI is InChI=1S/C17H21N3O2S2/c1-9-3-6-13-11(7-9)8-14(24-13)16-19-20-17(22-16)23-10(2)15(21)18-12-4-5-12/h8-10,12H,3-7H2,1-2H3,(H,18,21)/t9-,10-/m1/s1. The smallest absolute Gasteiger partial charge is 0.277 e. The number of hydrogen-bond acceptors (Lipinski definition) is 6. The zero-order chi connectivity index (χ0) is 16.7. The van der Waals surface area contributed by atoms with Crippen LogP contribution < -0.4 is 5.32 Å². The fourth-order valence-electron chi connectivity index (χ4n) is 2.92. The minimum atomic E-state index is -0.226. The molecule has 2 aromatic heterocycles. The molecule has 0 radical (unpaired) electrons. The molecule has 7 heteroatoms. The van der Waals surface area contributed by atoms with Crippen molar-refractivity contribution >= 4 is 29.0 Å². The van der Waals surface area contributed by atoms with E-state index in [0.29, 0.717) is 17.2 Å². The van der Waals surface area contributed by atoms with Crippen LogP contribution in [0.25, 0.3) is 10.8 Å². The molecule has 2 heterocycles. The molecule has 2 atom stereocenters. The quantitative estimate of drug-likeness (QED) is 0.821. The van der Waals surface area contributed by atoms with Gasteiger partial charge in [0.15, 0.2) is 0 Å². The second kappa shape index (κ2) is 6.52. The Morgan fingerprint density at radius 2 is 2.25 bits per heavy atom. The lowest BCUT2D eigenvalue weighted by atomic mass is 9.90. The van der Waals surface area contributed by atoms with E-state index in [2.05, 4.69) is 28.5 Å². The molecule has 2 aliphatic rings. The lowest BCUT2D eigenvalue weighted by Gasteiger charge is -2.16. The van der Waals surface area contributed by atoms with E-state index < -0.39 is 0 Å². The minimum absolute atomic E-state index is 0.0443. The van der Waals surface area contributed by atoms with Gasteiger partial charge in [0.25, 0.3) is 11.1 Å². The molecule has 0 aromatic carbocycles. The van der Waals surface area contributed by atoms with Crippen molar-refractivity contribution in [2.24, 2.45) is 5.92 Å². The van der Waals surface area contributed by atoms with E-state index in [-0.39, 0.29) is 11.2 Å². The van der Waals surface area contributed by atoms with Gasteiger partial charge in [-0.15, -0.1) is 21.5 Å². The highest BCUT2D eigenvalue weighted by Crippen LogP contribution is 2.37. The summed E-state index contributed by atoms with van der Waals surface area (Å²) < 4.78 is 5.79. The van der Waals surface area contributed by atoms with Crippen LogP contribution in [0.15, 0.2) is 15.7 Å². The Hall–Kier alpha value is -1.34. The topological polar surface area (TPSA) is 68.0 Å². The van der Waals surface area contributed by atoms with Crippen molar-refractivity contribution in [3.63, 3.8) is 0 Å². The zero-order valence-corrected chi connectivity index (χ0v) is 15.5. The summed E-state index contributed by atoms with van der Waals surface area (Å²) >= 11 is 3.09. The van der Waals surface area contributed by atoms with Crippen molar-refractivity contribution in [3.05, 3.63) is 16.5 Å². The van der Waals surface area contributed by atoms with Crippen LogP contribution in [0, 0.1) is 5.92 Å². The molecule has 5 nitrogen and oxygen atoms in total. The average Bonchev–Trinajstić information content (AvgIpc) is 3.08. The summed E-state index contributed by atoms with van der Waals surface area (Å²) in [7, 11) is 0. The van der Waals surface area contributed by atoms with Crippen LogP contribution >= 0.6 is 23.1 Å². The molecular weight excluding hydrogens is 342 g/mol. The fourth-order valence-corrected chi connectivity index (χ4v) is 4.74. The molecule has 0 unspecified atom stereocenters. The van der Waals surface area contributed by atoms with Gasteiger partial charge in [-0.05, 0) is 56.6 Å². The first-order chi connectivity index (χ1) is 11.6. The highest BCUT2D eigenvalue weighted by molar-refractivity contribution is 8.00. The van der Waals surface area contributed by atoms with Gasteiger partial charge < -0.3 is 9.73 Å². The third kappa shape index (κ3) is 3.52. The van der Waals surface area contributed by atoms with Gasteiger partial charge in [-0.3, -0.25) is 4.79 Å². The third-order valence-electron chi connectivity index (χ3n) is 4.52. The van der Waals surface area contributed by atoms with Crippen molar-refractivity contribution < 1.29 is 9.21 Å². The summed E-state index contributed by atoms with van der Waals surface area (Å²) in [5.74, 6) is 1.36. The summed E-state index contributed by atoms with van der Waals surface area (Å²) in [6, 6.07) is 2.57. The highest BCUT2D eigenvalue weighted by atomic mass is 32.2. The molecular formula is C17H21N3O2S2. The number of amides is 1. The molecule has 0 spiro atoms. The van der Waals surface area contributed by atoms with E-state index >= 15 is 0 Å². The number of thiophene rings is 1. The van der Waals surface area contributed by atoms with Gasteiger partial charge in [-0.25, -0.2) is 0 Å². The number of rotatable bonds is 5. The number of nitrogens with zero attached hydrogens (tertiary/aromatic N) is 2. The second-order valence-electron chi connectivity index (χ2n) is 6.82. The molecule has 1 N–H and O–H groups in total. The van der Waals surface area contributed by atoms with Gasteiger partial charge >= 0.3 is 0 Å². The number of aromatic nitrogens is 2. The van der Waals surface area contributed by atoms with E-state index in [9.17, 15) is 4.79 Å². The normalized spacial score (nSPS) is 21.3. The summed E-state index contributed by atoms with van der Waals surface area (Å²) in [6.07, 6.45) is 5.73. The molecule has 1 saturated carbocycles. The maximum Gasteiger partial charge on any atom is 0.277 e. The fraction of sp³-hybridized carbons (Fsp3) is 0.588. The first kappa shape index (κ1) is 16.1. The number of nitrogens with one attached hydrogen (secondary N) is 1. The molecule has 2 aromatic rings. The highest BCUT2D eigenvalue weighted by Gasteiger charge is 2.27. The Morgan fingerprint density at radius 3 is 3.04 bits per heavy atom. The van der Waals surface area contributed by atoms with Crippen molar-refractivity contribution in [1.82, 2.24) is 15.5 Å². The van der Waals surface area contributed by atoms with Gasteiger partial charge in [0, 0.05) is 10.9 Å². The monoisotopic (exact) mass is 363 g/mol.